The highest BCUT2D eigenvalue weighted by molar-refractivity contribution is 8.01. The van der Waals surface area contributed by atoms with Crippen molar-refractivity contribution in [3.63, 3.8) is 0 Å². The summed E-state index contributed by atoms with van der Waals surface area (Å²) in [6, 6.07) is 3.90. The van der Waals surface area contributed by atoms with Crippen molar-refractivity contribution in [2.24, 2.45) is 0 Å². The second-order valence-corrected chi connectivity index (χ2v) is 13.5. The zero-order valence-electron chi connectivity index (χ0n) is 18.8. The van der Waals surface area contributed by atoms with Gasteiger partial charge in [0.2, 0.25) is 0 Å². The molecule has 160 valence electrons. The Morgan fingerprint density at radius 1 is 1.04 bits per heavy atom. The summed E-state index contributed by atoms with van der Waals surface area (Å²) in [5.41, 5.74) is 1.20. The summed E-state index contributed by atoms with van der Waals surface area (Å²) in [5, 5.41) is 10.9. The number of hydrogen-bond acceptors (Lipinski definition) is 6. The Balaban J connectivity index is 3.26. The van der Waals surface area contributed by atoms with Crippen LogP contribution in [0.5, 0.6) is 5.75 Å². The van der Waals surface area contributed by atoms with E-state index in [1.54, 1.807) is 0 Å². The Morgan fingerprint density at radius 3 is 1.82 bits per heavy atom. The van der Waals surface area contributed by atoms with Gasteiger partial charge in [0, 0.05) is 29.8 Å². The highest BCUT2D eigenvalue weighted by Crippen LogP contribution is 2.45. The molecule has 0 saturated heterocycles. The van der Waals surface area contributed by atoms with Gasteiger partial charge in [-0.2, -0.15) is 0 Å². The largest absolute Gasteiger partial charge is 0.507 e. The molecule has 0 fully saturated rings. The fourth-order valence-electron chi connectivity index (χ4n) is 2.56. The van der Waals surface area contributed by atoms with Crippen LogP contribution in [-0.4, -0.2) is 36.0 Å². The quantitative estimate of drug-likeness (QED) is 0.428. The molecule has 0 spiro atoms. The minimum atomic E-state index is -3.21. The SMILES string of the molecule is COP(C)(=O)OCC(=O)C(C)(C)Sc1cc(C(C)(C)C)c(O)c(C(C)(C)C)c1. The second kappa shape index (κ2) is 8.51. The number of ketones is 1. The fourth-order valence-corrected chi connectivity index (χ4v) is 4.14. The molecule has 0 aromatic heterocycles. The minimum Gasteiger partial charge on any atom is -0.507 e. The number of phenols is 1. The number of carbonyl (C=O) groups is 1. The average molecular weight is 431 g/mol. The topological polar surface area (TPSA) is 72.8 Å². The highest BCUT2D eigenvalue weighted by atomic mass is 32.2. The number of rotatable bonds is 7. The molecule has 0 aliphatic heterocycles. The predicted octanol–water partition coefficient (Wildman–Crippen LogP) is 5.91. The van der Waals surface area contributed by atoms with Crippen molar-refractivity contribution in [1.29, 1.82) is 0 Å². The van der Waals surface area contributed by atoms with Crippen LogP contribution >= 0.6 is 19.4 Å². The Bertz CT molecular complexity index is 737. The van der Waals surface area contributed by atoms with E-state index in [1.807, 2.05) is 26.0 Å². The first kappa shape index (κ1) is 25.2. The number of thioether (sulfide) groups is 1. The molecule has 0 aliphatic rings. The van der Waals surface area contributed by atoms with E-state index in [9.17, 15) is 14.5 Å². The zero-order valence-corrected chi connectivity index (χ0v) is 20.5. The van der Waals surface area contributed by atoms with E-state index in [0.717, 1.165) is 16.0 Å². The van der Waals surface area contributed by atoms with Gasteiger partial charge < -0.3 is 14.2 Å². The van der Waals surface area contributed by atoms with E-state index in [0.29, 0.717) is 5.75 Å². The van der Waals surface area contributed by atoms with Crippen LogP contribution in [0.2, 0.25) is 0 Å². The summed E-state index contributed by atoms with van der Waals surface area (Å²) >= 11 is 1.41. The zero-order chi connectivity index (χ0) is 22.1. The maximum absolute atomic E-state index is 12.7. The molecule has 7 heteroatoms. The lowest BCUT2D eigenvalue weighted by Crippen LogP contribution is -2.31. The summed E-state index contributed by atoms with van der Waals surface area (Å²) < 4.78 is 21.0. The molecule has 0 bridgehead atoms. The fraction of sp³-hybridized carbons (Fsp3) is 0.667. The van der Waals surface area contributed by atoms with E-state index in [1.165, 1.54) is 25.5 Å². The molecule has 1 aromatic rings. The third-order valence-corrected chi connectivity index (χ3v) is 6.98. The van der Waals surface area contributed by atoms with E-state index in [2.05, 4.69) is 41.5 Å². The number of benzene rings is 1. The molecular formula is C21H35O5PS. The van der Waals surface area contributed by atoms with Gasteiger partial charge in [-0.05, 0) is 36.8 Å². The summed E-state index contributed by atoms with van der Waals surface area (Å²) in [6.45, 7) is 17.0. The molecule has 1 N–H and O–H groups in total. The highest BCUT2D eigenvalue weighted by Gasteiger charge is 2.33. The molecule has 0 radical (unpaired) electrons. The number of phenolic OH excluding ortho intramolecular Hbond substituents is 1. The molecular weight excluding hydrogens is 395 g/mol. The van der Waals surface area contributed by atoms with Crippen molar-refractivity contribution < 1.29 is 23.5 Å². The summed E-state index contributed by atoms with van der Waals surface area (Å²) in [6.07, 6.45) is 0. The number of hydrogen-bond donors (Lipinski definition) is 1. The van der Waals surface area contributed by atoms with Gasteiger partial charge in [0.05, 0.1) is 4.75 Å². The van der Waals surface area contributed by atoms with Crippen molar-refractivity contribution in [1.82, 2.24) is 0 Å². The van der Waals surface area contributed by atoms with Crippen molar-refractivity contribution in [2.45, 2.75) is 75.9 Å². The molecule has 0 heterocycles. The average Bonchev–Trinajstić information content (AvgIpc) is 2.51. The van der Waals surface area contributed by atoms with E-state index >= 15 is 0 Å². The van der Waals surface area contributed by atoms with Crippen molar-refractivity contribution >= 4 is 25.1 Å². The maximum Gasteiger partial charge on any atom is 0.327 e. The summed E-state index contributed by atoms with van der Waals surface area (Å²) in [5.74, 6) is 0.128. The molecule has 28 heavy (non-hydrogen) atoms. The maximum atomic E-state index is 12.7. The molecule has 0 amide bonds. The molecule has 0 saturated carbocycles. The molecule has 0 aliphatic carbocycles. The first-order chi connectivity index (χ1) is 12.4. The Hall–Kier alpha value is -0.810. The van der Waals surface area contributed by atoms with Crippen LogP contribution in [0.3, 0.4) is 0 Å². The standard InChI is InChI=1S/C21H35O5PS/c1-19(2,3)15-11-14(12-16(18(15)23)20(4,5)6)28-21(7,8)17(22)13-26-27(10,24)25-9/h11-12,23H,13H2,1-10H3. The van der Waals surface area contributed by atoms with Gasteiger partial charge >= 0.3 is 7.60 Å². The number of carbonyl (C=O) groups excluding carboxylic acids is 1. The van der Waals surface area contributed by atoms with Crippen LogP contribution < -0.4 is 0 Å². The first-order valence-electron chi connectivity index (χ1n) is 9.29. The monoisotopic (exact) mass is 430 g/mol. The lowest BCUT2D eigenvalue weighted by molar-refractivity contribution is -0.122. The van der Waals surface area contributed by atoms with Crippen LogP contribution in [-0.2, 0) is 29.2 Å². The van der Waals surface area contributed by atoms with Crippen LogP contribution in [0.4, 0.5) is 0 Å². The molecule has 1 aromatic carbocycles. The summed E-state index contributed by atoms with van der Waals surface area (Å²) in [4.78, 5) is 13.6. The Labute approximate surface area is 174 Å². The van der Waals surface area contributed by atoms with E-state index < -0.39 is 12.3 Å². The third kappa shape index (κ3) is 6.62. The summed E-state index contributed by atoms with van der Waals surface area (Å²) in [7, 11) is -1.91. The van der Waals surface area contributed by atoms with Gasteiger partial charge in [0.15, 0.2) is 5.78 Å². The number of aromatic hydroxyl groups is 1. The lowest BCUT2D eigenvalue weighted by atomic mass is 9.79. The minimum absolute atomic E-state index is 0.181. The van der Waals surface area contributed by atoms with Crippen LogP contribution in [0.1, 0.15) is 66.5 Å². The first-order valence-corrected chi connectivity index (χ1v) is 12.1. The van der Waals surface area contributed by atoms with Crippen LogP contribution in [0.25, 0.3) is 0 Å². The molecule has 1 unspecified atom stereocenters. The van der Waals surface area contributed by atoms with Gasteiger partial charge in [0.25, 0.3) is 0 Å². The van der Waals surface area contributed by atoms with Crippen molar-refractivity contribution in [3.05, 3.63) is 23.3 Å². The van der Waals surface area contributed by atoms with Gasteiger partial charge in [-0.3, -0.25) is 9.36 Å². The van der Waals surface area contributed by atoms with E-state index in [4.69, 9.17) is 9.05 Å². The van der Waals surface area contributed by atoms with Crippen LogP contribution in [0.15, 0.2) is 17.0 Å². The van der Waals surface area contributed by atoms with Gasteiger partial charge in [-0.25, -0.2) is 0 Å². The second-order valence-electron chi connectivity index (χ2n) is 9.63. The van der Waals surface area contributed by atoms with Crippen molar-refractivity contribution in [3.8, 4) is 5.75 Å². The van der Waals surface area contributed by atoms with Gasteiger partial charge in [-0.15, -0.1) is 11.8 Å². The normalized spacial score (nSPS) is 15.4. The predicted molar refractivity (Wildman–Crippen MR) is 117 cm³/mol. The third-order valence-electron chi connectivity index (χ3n) is 4.51. The number of Topliss-reactive ketones (excluding diaryl/α,β-unsaturated/α-hetero) is 1. The molecule has 5 nitrogen and oxygen atoms in total. The molecule has 1 atom stereocenters. The van der Waals surface area contributed by atoms with Gasteiger partial charge in [-0.1, -0.05) is 41.5 Å². The smallest absolute Gasteiger partial charge is 0.327 e. The Morgan fingerprint density at radius 2 is 1.46 bits per heavy atom. The van der Waals surface area contributed by atoms with E-state index in [-0.39, 0.29) is 23.2 Å². The van der Waals surface area contributed by atoms with Crippen molar-refractivity contribution in [2.75, 3.05) is 20.4 Å². The lowest BCUT2D eigenvalue weighted by Gasteiger charge is -2.30. The van der Waals surface area contributed by atoms with Crippen LogP contribution in [0, 0.1) is 0 Å². The van der Waals surface area contributed by atoms with Gasteiger partial charge in [0.1, 0.15) is 12.4 Å². The Kier molecular flexibility index (Phi) is 7.67. The molecule has 1 rings (SSSR count).